The molecular formula is C114H76B2BrCl2F6N9O4. The molecular weight excluding hydrogens is 1850 g/mol. The lowest BCUT2D eigenvalue weighted by Gasteiger charge is -2.32. The van der Waals surface area contributed by atoms with E-state index in [2.05, 4.69) is 41.9 Å². The third-order valence-electron chi connectivity index (χ3n) is 25.7. The molecule has 6 heterocycles. The van der Waals surface area contributed by atoms with Crippen molar-refractivity contribution in [2.24, 2.45) is 0 Å². The van der Waals surface area contributed by atoms with Crippen molar-refractivity contribution in [3.05, 3.63) is 424 Å². The summed E-state index contributed by atoms with van der Waals surface area (Å²) in [6.07, 6.45) is 0. The van der Waals surface area contributed by atoms with E-state index in [4.69, 9.17) is 57.4 Å². The van der Waals surface area contributed by atoms with Crippen molar-refractivity contribution in [2.45, 2.75) is 56.7 Å². The van der Waals surface area contributed by atoms with Crippen molar-refractivity contribution in [1.82, 2.24) is 44.9 Å². The molecule has 670 valence electrons. The van der Waals surface area contributed by atoms with Crippen LogP contribution in [-0.2, 0) is 27.1 Å². The number of benzene rings is 16. The number of pyridine rings is 3. The zero-order valence-corrected chi connectivity index (χ0v) is 77.2. The summed E-state index contributed by atoms with van der Waals surface area (Å²) in [5.74, 6) is -6.81. The summed E-state index contributed by atoms with van der Waals surface area (Å²) >= 11 is 15.0. The molecule has 1 aliphatic heterocycles. The summed E-state index contributed by atoms with van der Waals surface area (Å²) in [6.45, 7) is 8.07. The zero-order valence-electron chi connectivity index (χ0n) is 74.1. The van der Waals surface area contributed by atoms with Gasteiger partial charge in [-0.3, -0.25) is 4.98 Å². The van der Waals surface area contributed by atoms with E-state index in [0.29, 0.717) is 116 Å². The molecule has 3 aliphatic carbocycles. The van der Waals surface area contributed by atoms with Crippen molar-refractivity contribution in [2.75, 3.05) is 0 Å². The van der Waals surface area contributed by atoms with Crippen LogP contribution in [0.25, 0.3) is 178 Å². The molecule has 0 spiro atoms. The number of hydrogen-bond acceptors (Lipinski definition) is 13. The molecule has 138 heavy (non-hydrogen) atoms. The average molecular weight is 1920 g/mol. The maximum atomic E-state index is 16.5. The number of aromatic nitrogens is 9. The van der Waals surface area contributed by atoms with Crippen molar-refractivity contribution in [3.8, 4) is 113 Å². The standard InChI is InChI=1S/C41H24F2N4.C26H14ClF2N.C21H22BN3O2.C13H10BNO2.C13H6BrClF2/c42-41(43)34-23-27(37-33-17-8-7-15-29(33)32-16-9-10-18-36(32)44-37)19-21-30(34)31-22-20-28(24-35(31)41)40-46-38(25-11-3-1-4-12-25)45-39(47-40)26-13-5-2-6-14-26;27-16-10-12-19-18-11-9-15(13-22(18)26(28,29)23(19)14-16)25-21-7-2-1-5-17(21)20-6-3-4-8-24(20)30-25;1-20(2)21(3,4)27-22(26-20)19-24-17(15-11-7-5-8-12-15)23-18(25-19)16-13-9-6-10-14-16;16-14(17)13-11-7-2-1-5-9(11)10-6-3-4-8-12(10)15-13;14-7-1-3-9-10-4-2-8(15)6-12(10)13(16,17)11(9)5-7/h1-24H;1-14H;5-14H,1-4H3;1-8,16-17H;1-6H. The minimum absolute atomic E-state index is 0.00342. The monoisotopic (exact) mass is 1920 g/mol. The normalized spacial score (nSPS) is 14.3. The average Bonchev–Trinajstić information content (AvgIpc) is 1.56. The number of para-hydroxylation sites is 3. The van der Waals surface area contributed by atoms with Gasteiger partial charge in [0, 0.05) is 119 Å². The molecule has 1 saturated heterocycles. The molecule has 24 heteroatoms. The van der Waals surface area contributed by atoms with E-state index >= 15 is 17.6 Å². The lowest BCUT2D eigenvalue weighted by molar-refractivity contribution is 0.00578. The SMILES string of the molecule is CC1(C)OB(c2nc(-c3ccccc3)nc(-c3ccccc3)n2)OC1(C)C.FC1(F)c2cc(-c3nc(-c4ccccc4)nc(-c4ccccc4)n3)ccc2-c2ccc(-c3nc4ccccc4c4ccccc34)cc21.FC1(F)c2cc(Cl)ccc2-c2ccc(-c3nc4ccccc4c4ccccc34)cc21.FC1(F)c2cc(Cl)ccc2-c2ccc(Br)cc21.OB(O)c1nc2ccccc2c2ccccc12. The first-order valence-corrected chi connectivity index (χ1v) is 46.0. The van der Waals surface area contributed by atoms with Gasteiger partial charge in [0.05, 0.1) is 44.7 Å². The second-order valence-electron chi connectivity index (χ2n) is 34.8. The fourth-order valence-corrected chi connectivity index (χ4v) is 18.9. The van der Waals surface area contributed by atoms with Crippen LogP contribution < -0.4 is 11.3 Å². The highest BCUT2D eigenvalue weighted by molar-refractivity contribution is 9.10. The van der Waals surface area contributed by atoms with E-state index in [-0.39, 0.29) is 33.4 Å². The summed E-state index contributed by atoms with van der Waals surface area (Å²) < 4.78 is 105. The van der Waals surface area contributed by atoms with Gasteiger partial charge in [0.2, 0.25) is 0 Å². The maximum absolute atomic E-state index is 16.5. The minimum Gasteiger partial charge on any atom is -0.422 e. The summed E-state index contributed by atoms with van der Waals surface area (Å²) in [5.41, 5.74) is 12.1. The van der Waals surface area contributed by atoms with Crippen molar-refractivity contribution >= 4 is 130 Å². The Bertz CT molecular complexity index is 8210. The van der Waals surface area contributed by atoms with Crippen LogP contribution >= 0.6 is 39.1 Å². The lowest BCUT2D eigenvalue weighted by atomic mass is 9.81. The van der Waals surface area contributed by atoms with E-state index in [1.807, 2.05) is 307 Å². The third-order valence-corrected chi connectivity index (χ3v) is 26.7. The van der Waals surface area contributed by atoms with Crippen LogP contribution in [0.3, 0.4) is 0 Å². The van der Waals surface area contributed by atoms with E-state index in [0.717, 1.165) is 87.3 Å². The third kappa shape index (κ3) is 16.6. The fourth-order valence-electron chi connectivity index (χ4n) is 18.2. The molecule has 0 bridgehead atoms. The Hall–Kier alpha value is -14.8. The van der Waals surface area contributed by atoms with Crippen molar-refractivity contribution in [1.29, 1.82) is 0 Å². The van der Waals surface area contributed by atoms with E-state index < -0.39 is 43.2 Å². The number of rotatable bonds is 9. The molecule has 21 aromatic rings. The van der Waals surface area contributed by atoms with Gasteiger partial charge in [0.25, 0.3) is 17.8 Å². The second-order valence-corrected chi connectivity index (χ2v) is 36.5. The van der Waals surface area contributed by atoms with E-state index in [1.54, 1.807) is 66.7 Å². The van der Waals surface area contributed by atoms with Gasteiger partial charge in [-0.25, -0.2) is 39.9 Å². The largest absolute Gasteiger partial charge is 0.534 e. The van der Waals surface area contributed by atoms with Gasteiger partial charge in [-0.15, -0.1) is 0 Å². The van der Waals surface area contributed by atoms with Crippen molar-refractivity contribution < 1.29 is 45.7 Å². The van der Waals surface area contributed by atoms with Gasteiger partial charge in [-0.2, -0.15) is 26.3 Å². The first-order chi connectivity index (χ1) is 66.7. The summed E-state index contributed by atoms with van der Waals surface area (Å²) in [6, 6.07) is 116. The topological polar surface area (TPSA) is 175 Å². The number of nitrogens with zero attached hydrogens (tertiary/aromatic N) is 9. The van der Waals surface area contributed by atoms with Crippen LogP contribution in [-0.4, -0.2) is 80.3 Å². The minimum atomic E-state index is -3.24. The Morgan fingerprint density at radius 2 is 0.536 bits per heavy atom. The van der Waals surface area contributed by atoms with Gasteiger partial charge in [-0.1, -0.05) is 342 Å². The van der Waals surface area contributed by atoms with E-state index in [1.165, 1.54) is 24.3 Å². The van der Waals surface area contributed by atoms with Crippen LogP contribution in [0.4, 0.5) is 26.3 Å². The molecule has 0 amide bonds. The fraction of sp³-hybridized carbons (Fsp3) is 0.0789. The summed E-state index contributed by atoms with van der Waals surface area (Å²) in [5, 5.41) is 28.2. The van der Waals surface area contributed by atoms with Crippen LogP contribution in [0.5, 0.6) is 0 Å². The van der Waals surface area contributed by atoms with Crippen LogP contribution in [0.1, 0.15) is 61.1 Å². The molecule has 1 fully saturated rings. The number of halogens is 9. The van der Waals surface area contributed by atoms with Gasteiger partial charge in [0.1, 0.15) is 0 Å². The Balaban J connectivity index is 0.000000109. The summed E-state index contributed by atoms with van der Waals surface area (Å²) in [7, 11) is -2.19. The smallest absolute Gasteiger partial charge is 0.422 e. The Kier molecular flexibility index (Phi) is 23.4. The highest BCUT2D eigenvalue weighted by Gasteiger charge is 2.54. The molecule has 13 nitrogen and oxygen atoms in total. The highest BCUT2D eigenvalue weighted by atomic mass is 79.9. The Morgan fingerprint density at radius 1 is 0.268 bits per heavy atom. The van der Waals surface area contributed by atoms with Crippen LogP contribution in [0.2, 0.25) is 10.0 Å². The van der Waals surface area contributed by atoms with E-state index in [9.17, 15) is 18.8 Å². The van der Waals surface area contributed by atoms with Crippen molar-refractivity contribution in [3.63, 3.8) is 0 Å². The van der Waals surface area contributed by atoms with Gasteiger partial charge in [-0.05, 0) is 150 Å². The molecule has 0 saturated carbocycles. The molecule has 5 aromatic heterocycles. The number of alkyl halides is 6. The first kappa shape index (κ1) is 89.7. The molecule has 2 N–H and O–H groups in total. The molecule has 25 rings (SSSR count). The molecule has 4 aliphatic rings. The quantitative estimate of drug-likeness (QED) is 0.0794. The van der Waals surface area contributed by atoms with Gasteiger partial charge >= 0.3 is 14.2 Å². The van der Waals surface area contributed by atoms with Gasteiger partial charge in [0.15, 0.2) is 34.8 Å². The second kappa shape index (κ2) is 36.0. The van der Waals surface area contributed by atoms with Gasteiger partial charge < -0.3 is 19.4 Å². The molecule has 16 aromatic carbocycles. The zero-order chi connectivity index (χ0) is 95.1. The highest BCUT2D eigenvalue weighted by Crippen LogP contribution is 2.57. The Labute approximate surface area is 808 Å². The molecule has 0 unspecified atom stereocenters. The maximum Gasteiger partial charge on any atom is 0.534 e. The van der Waals surface area contributed by atoms with Crippen LogP contribution in [0, 0.1) is 0 Å². The Morgan fingerprint density at radius 3 is 0.906 bits per heavy atom. The molecule has 0 radical (unpaired) electrons. The predicted octanol–water partition coefficient (Wildman–Crippen LogP) is 28.0. The summed E-state index contributed by atoms with van der Waals surface area (Å²) in [4.78, 5) is 42.4. The number of fused-ring (bicyclic) bond motifs is 18. The van der Waals surface area contributed by atoms with Crippen LogP contribution in [0.15, 0.2) is 381 Å². The predicted molar refractivity (Wildman–Crippen MR) is 544 cm³/mol. The molecule has 0 atom stereocenters. The number of hydrogen-bond donors (Lipinski definition) is 2. The lowest BCUT2D eigenvalue weighted by Crippen LogP contribution is -2.41. The first-order valence-electron chi connectivity index (χ1n) is 44.5.